The first kappa shape index (κ1) is 32.2. The van der Waals surface area contributed by atoms with E-state index in [4.69, 9.17) is 35.3 Å². The summed E-state index contributed by atoms with van der Waals surface area (Å²) in [7, 11) is 1.63. The molecule has 1 aliphatic rings. The zero-order valence-electron chi connectivity index (χ0n) is 25.5. The van der Waals surface area contributed by atoms with Crippen molar-refractivity contribution in [2.24, 2.45) is 0 Å². The number of hydrogen-bond donors (Lipinski definition) is 1. The van der Waals surface area contributed by atoms with E-state index in [0.29, 0.717) is 24.7 Å². The molecule has 0 spiro atoms. The topological polar surface area (TPSA) is 66.4 Å². The first-order chi connectivity index (χ1) is 21.4. The summed E-state index contributed by atoms with van der Waals surface area (Å²) in [6, 6.07) is 33.7. The fourth-order valence-electron chi connectivity index (χ4n) is 5.90. The van der Waals surface area contributed by atoms with Crippen molar-refractivity contribution in [2.45, 2.75) is 63.5 Å². The predicted molar refractivity (Wildman–Crippen MR) is 172 cm³/mol. The van der Waals surface area contributed by atoms with E-state index >= 15 is 0 Å². The van der Waals surface area contributed by atoms with Gasteiger partial charge in [-0.1, -0.05) is 96.5 Å². The highest BCUT2D eigenvalue weighted by atomic mass is 35.5. The van der Waals surface area contributed by atoms with Crippen LogP contribution in [-0.2, 0) is 44.2 Å². The Kier molecular flexibility index (Phi) is 11.1. The Morgan fingerprint density at radius 3 is 2.07 bits per heavy atom. The maximum atomic E-state index is 12.0. The van der Waals surface area contributed by atoms with E-state index in [-0.39, 0.29) is 13.2 Å². The van der Waals surface area contributed by atoms with Crippen LogP contribution in [0.2, 0.25) is 5.02 Å². The van der Waals surface area contributed by atoms with Crippen LogP contribution in [0.15, 0.2) is 103 Å². The molecule has 0 saturated carbocycles. The van der Waals surface area contributed by atoms with Gasteiger partial charge >= 0.3 is 0 Å². The lowest BCUT2D eigenvalue weighted by molar-refractivity contribution is -0.303. The molecule has 0 aliphatic carbocycles. The Labute approximate surface area is 265 Å². The van der Waals surface area contributed by atoms with E-state index in [2.05, 4.69) is 0 Å². The lowest BCUT2D eigenvalue weighted by Gasteiger charge is -2.51. The Hall–Kier alpha value is -3.23. The summed E-state index contributed by atoms with van der Waals surface area (Å²) >= 11 is 6.75. The van der Waals surface area contributed by atoms with Crippen LogP contribution >= 0.6 is 11.6 Å². The van der Waals surface area contributed by atoms with Gasteiger partial charge in [0.25, 0.3) is 0 Å². The standard InChI is InChI=1S/C37H41ClO6/c1-4-41-32-18-15-27(16-19-32)21-30-22-31(17-20-33(30)38)37(25-40-3)36(43-24-29-13-9-6-10-14-29)34(39)35(26(2)44-37)42-23-28-11-7-5-8-12-28/h5-20,22,26,34-36,39H,4,21,23-25H2,1-3H3. The van der Waals surface area contributed by atoms with Crippen LogP contribution in [-0.4, -0.2) is 49.8 Å². The van der Waals surface area contributed by atoms with Crippen LogP contribution in [0.1, 0.15) is 41.7 Å². The summed E-state index contributed by atoms with van der Waals surface area (Å²) in [4.78, 5) is 0. The van der Waals surface area contributed by atoms with Crippen LogP contribution in [0, 0.1) is 0 Å². The molecule has 6 nitrogen and oxygen atoms in total. The van der Waals surface area contributed by atoms with E-state index < -0.39 is 30.0 Å². The van der Waals surface area contributed by atoms with Gasteiger partial charge in [-0.05, 0) is 66.3 Å². The summed E-state index contributed by atoms with van der Waals surface area (Å²) in [6.45, 7) is 5.28. The average Bonchev–Trinajstić information content (AvgIpc) is 3.04. The van der Waals surface area contributed by atoms with Crippen molar-refractivity contribution in [3.05, 3.63) is 136 Å². The molecule has 1 saturated heterocycles. The molecule has 0 aromatic heterocycles. The van der Waals surface area contributed by atoms with Gasteiger partial charge in [-0.3, -0.25) is 0 Å². The second kappa shape index (κ2) is 15.2. The number of aliphatic hydroxyl groups excluding tert-OH is 1. The second-order valence-electron chi connectivity index (χ2n) is 11.2. The Balaban J connectivity index is 1.48. The van der Waals surface area contributed by atoms with Crippen LogP contribution in [0.25, 0.3) is 0 Å². The maximum Gasteiger partial charge on any atom is 0.145 e. The third-order valence-electron chi connectivity index (χ3n) is 8.04. The maximum absolute atomic E-state index is 12.0. The number of ether oxygens (including phenoxy) is 5. The zero-order chi connectivity index (χ0) is 30.9. The molecule has 0 bridgehead atoms. The first-order valence-corrected chi connectivity index (χ1v) is 15.5. The van der Waals surface area contributed by atoms with E-state index in [1.807, 2.05) is 117 Å². The van der Waals surface area contributed by atoms with Crippen LogP contribution in [0.5, 0.6) is 5.75 Å². The van der Waals surface area contributed by atoms with Gasteiger partial charge in [0.15, 0.2) is 0 Å². The Morgan fingerprint density at radius 2 is 1.45 bits per heavy atom. The van der Waals surface area contributed by atoms with E-state index in [0.717, 1.165) is 33.6 Å². The van der Waals surface area contributed by atoms with E-state index in [1.54, 1.807) is 7.11 Å². The number of aliphatic hydroxyl groups is 1. The molecule has 0 radical (unpaired) electrons. The van der Waals surface area contributed by atoms with Gasteiger partial charge in [0.1, 0.15) is 29.7 Å². The minimum atomic E-state index is -1.13. The largest absolute Gasteiger partial charge is 0.494 e. The lowest BCUT2D eigenvalue weighted by Crippen LogP contribution is -2.65. The van der Waals surface area contributed by atoms with Crippen molar-refractivity contribution in [3.8, 4) is 5.75 Å². The van der Waals surface area contributed by atoms with E-state index in [9.17, 15) is 5.11 Å². The zero-order valence-corrected chi connectivity index (χ0v) is 26.3. The minimum absolute atomic E-state index is 0.156. The molecule has 5 atom stereocenters. The van der Waals surface area contributed by atoms with Crippen LogP contribution < -0.4 is 4.74 Å². The number of benzene rings is 4. The smallest absolute Gasteiger partial charge is 0.145 e. The molecule has 1 heterocycles. The van der Waals surface area contributed by atoms with Gasteiger partial charge in [0.05, 0.1) is 32.5 Å². The van der Waals surface area contributed by atoms with Gasteiger partial charge in [-0.25, -0.2) is 0 Å². The van der Waals surface area contributed by atoms with Gasteiger partial charge in [0, 0.05) is 12.1 Å². The average molecular weight is 617 g/mol. The Morgan fingerprint density at radius 1 is 0.818 bits per heavy atom. The fraction of sp³-hybridized carbons (Fsp3) is 0.351. The highest BCUT2D eigenvalue weighted by molar-refractivity contribution is 6.31. The number of halogens is 1. The van der Waals surface area contributed by atoms with E-state index in [1.165, 1.54) is 0 Å². The molecule has 4 aromatic carbocycles. The second-order valence-corrected chi connectivity index (χ2v) is 11.6. The summed E-state index contributed by atoms with van der Waals surface area (Å²) < 4.78 is 31.2. The quantitative estimate of drug-likeness (QED) is 0.173. The number of rotatable bonds is 13. The van der Waals surface area contributed by atoms with Crippen LogP contribution in [0.3, 0.4) is 0 Å². The molecule has 1 fully saturated rings. The van der Waals surface area contributed by atoms with Gasteiger partial charge < -0.3 is 28.8 Å². The third kappa shape index (κ3) is 7.52. The minimum Gasteiger partial charge on any atom is -0.494 e. The SMILES string of the molecule is CCOc1ccc(Cc2cc(C3(COC)OC(C)C(OCc4ccccc4)C(O)C3OCc3ccccc3)ccc2Cl)cc1. The molecule has 44 heavy (non-hydrogen) atoms. The molecule has 4 aromatic rings. The summed E-state index contributed by atoms with van der Waals surface area (Å²) in [5.74, 6) is 0.830. The van der Waals surface area contributed by atoms with Crippen molar-refractivity contribution in [1.29, 1.82) is 0 Å². The molecule has 0 amide bonds. The molecule has 5 rings (SSSR count). The summed E-state index contributed by atoms with van der Waals surface area (Å²) in [5, 5.41) is 12.6. The first-order valence-electron chi connectivity index (χ1n) is 15.1. The molecule has 1 aliphatic heterocycles. The Bertz CT molecular complexity index is 1450. The molecule has 7 heteroatoms. The van der Waals surface area contributed by atoms with Crippen molar-refractivity contribution in [1.82, 2.24) is 0 Å². The highest BCUT2D eigenvalue weighted by Crippen LogP contribution is 2.43. The monoisotopic (exact) mass is 616 g/mol. The molecule has 1 N–H and O–H groups in total. The predicted octanol–water partition coefficient (Wildman–Crippen LogP) is 7.12. The molecular weight excluding hydrogens is 576 g/mol. The van der Waals surface area contributed by atoms with Crippen molar-refractivity contribution >= 4 is 11.6 Å². The normalized spacial score (nSPS) is 23.4. The summed E-state index contributed by atoms with van der Waals surface area (Å²) in [6.07, 6.45) is -2.30. The molecular formula is C37H41ClO6. The highest BCUT2D eigenvalue weighted by Gasteiger charge is 2.55. The van der Waals surface area contributed by atoms with Crippen LogP contribution in [0.4, 0.5) is 0 Å². The molecule has 5 unspecified atom stereocenters. The van der Waals surface area contributed by atoms with Gasteiger partial charge in [-0.2, -0.15) is 0 Å². The van der Waals surface area contributed by atoms with Gasteiger partial charge in [-0.15, -0.1) is 0 Å². The van der Waals surface area contributed by atoms with Crippen molar-refractivity contribution in [3.63, 3.8) is 0 Å². The lowest BCUT2D eigenvalue weighted by atomic mass is 9.79. The van der Waals surface area contributed by atoms with Gasteiger partial charge in [0.2, 0.25) is 0 Å². The number of methoxy groups -OCH3 is 1. The molecule has 232 valence electrons. The van der Waals surface area contributed by atoms with Crippen molar-refractivity contribution < 1.29 is 28.8 Å². The third-order valence-corrected chi connectivity index (χ3v) is 8.41. The number of hydrogen-bond acceptors (Lipinski definition) is 6. The van der Waals surface area contributed by atoms with Crippen molar-refractivity contribution in [2.75, 3.05) is 20.3 Å². The summed E-state index contributed by atoms with van der Waals surface area (Å²) in [5.41, 5.74) is 3.71. The fourth-order valence-corrected chi connectivity index (χ4v) is 6.08.